The van der Waals surface area contributed by atoms with Crippen molar-refractivity contribution in [2.24, 2.45) is 13.0 Å². The van der Waals surface area contributed by atoms with Crippen LogP contribution in [-0.2, 0) is 11.8 Å². The van der Waals surface area contributed by atoms with Crippen LogP contribution in [0.25, 0.3) is 11.1 Å². The van der Waals surface area contributed by atoms with E-state index in [1.165, 1.54) is 23.9 Å². The van der Waals surface area contributed by atoms with Gasteiger partial charge in [-0.05, 0) is 73.1 Å². The molecule has 0 spiro atoms. The fraction of sp³-hybridized carbons (Fsp3) is 0.429. The highest BCUT2D eigenvalue weighted by atomic mass is 16.2. The molecule has 2 heterocycles. The van der Waals surface area contributed by atoms with Gasteiger partial charge < -0.3 is 10.6 Å². The normalized spacial score (nSPS) is 15.6. The van der Waals surface area contributed by atoms with E-state index in [-0.39, 0.29) is 17.7 Å². The first-order valence-corrected chi connectivity index (χ1v) is 12.6. The van der Waals surface area contributed by atoms with Crippen molar-refractivity contribution in [2.45, 2.75) is 64.8 Å². The van der Waals surface area contributed by atoms with Gasteiger partial charge in [-0.15, -0.1) is 0 Å². The number of carbonyl (C=O) groups is 2. The van der Waals surface area contributed by atoms with Crippen LogP contribution < -0.4 is 10.6 Å². The number of hydrogen-bond donors (Lipinski definition) is 2. The number of pyridine rings is 1. The molecule has 1 saturated carbocycles. The van der Waals surface area contributed by atoms with Gasteiger partial charge in [-0.2, -0.15) is 5.10 Å². The van der Waals surface area contributed by atoms with E-state index in [2.05, 4.69) is 34.6 Å². The Hall–Kier alpha value is -3.48. The summed E-state index contributed by atoms with van der Waals surface area (Å²) in [6.45, 7) is 4.10. The van der Waals surface area contributed by atoms with Crippen molar-refractivity contribution in [3.63, 3.8) is 0 Å². The van der Waals surface area contributed by atoms with Crippen LogP contribution in [0.3, 0.4) is 0 Å². The second-order valence-corrected chi connectivity index (χ2v) is 9.61. The molecule has 1 aliphatic carbocycles. The van der Waals surface area contributed by atoms with E-state index in [0.717, 1.165) is 47.9 Å². The van der Waals surface area contributed by atoms with Crippen LogP contribution in [0.1, 0.15) is 66.6 Å². The van der Waals surface area contributed by atoms with E-state index in [4.69, 9.17) is 0 Å². The Morgan fingerprint density at radius 3 is 2.17 bits per heavy atom. The zero-order chi connectivity index (χ0) is 24.8. The maximum atomic E-state index is 13.5. The first kappa shape index (κ1) is 24.6. The first-order valence-electron chi connectivity index (χ1n) is 12.6. The molecule has 0 bridgehead atoms. The van der Waals surface area contributed by atoms with Crippen LogP contribution in [0.2, 0.25) is 0 Å². The van der Waals surface area contributed by atoms with E-state index in [9.17, 15) is 9.59 Å². The second-order valence-electron chi connectivity index (χ2n) is 9.61. The van der Waals surface area contributed by atoms with Gasteiger partial charge >= 0.3 is 0 Å². The van der Waals surface area contributed by atoms with E-state index in [1.807, 2.05) is 36.7 Å². The average molecular weight is 474 g/mol. The van der Waals surface area contributed by atoms with Crippen LogP contribution >= 0.6 is 0 Å². The lowest BCUT2D eigenvalue weighted by molar-refractivity contribution is -0.119. The minimum atomic E-state index is -0.597. The first-order chi connectivity index (χ1) is 16.9. The Labute approximate surface area is 207 Å². The van der Waals surface area contributed by atoms with Gasteiger partial charge in [0.2, 0.25) is 5.91 Å². The summed E-state index contributed by atoms with van der Waals surface area (Å²) < 4.78 is 1.53. The number of benzene rings is 1. The van der Waals surface area contributed by atoms with Gasteiger partial charge in [-0.25, -0.2) is 0 Å². The van der Waals surface area contributed by atoms with E-state index >= 15 is 0 Å². The molecule has 0 radical (unpaired) electrons. The van der Waals surface area contributed by atoms with Crippen LogP contribution in [0.15, 0.2) is 48.9 Å². The third-order valence-corrected chi connectivity index (χ3v) is 7.01. The fourth-order valence-corrected chi connectivity index (χ4v) is 5.13. The molecule has 3 aromatic rings. The molecule has 1 unspecified atom stereocenters. The van der Waals surface area contributed by atoms with E-state index in [0.29, 0.717) is 11.4 Å². The summed E-state index contributed by atoms with van der Waals surface area (Å²) >= 11 is 0. The number of hydrogen-bond acceptors (Lipinski definition) is 4. The summed E-state index contributed by atoms with van der Waals surface area (Å²) in [6, 6.07) is 8.95. The minimum absolute atomic E-state index is 0.105. The third-order valence-electron chi connectivity index (χ3n) is 7.01. The molecule has 1 atom stereocenters. The van der Waals surface area contributed by atoms with Crippen molar-refractivity contribution < 1.29 is 9.59 Å². The molecule has 7 heteroatoms. The van der Waals surface area contributed by atoms with Crippen LogP contribution in [0.4, 0.5) is 5.69 Å². The maximum absolute atomic E-state index is 13.5. The topological polar surface area (TPSA) is 88.9 Å². The number of nitrogens with one attached hydrogen (secondary N) is 2. The number of aryl methyl sites for hydroxylation is 3. The molecule has 2 aromatic heterocycles. The number of aromatic nitrogens is 3. The zero-order valence-corrected chi connectivity index (χ0v) is 20.9. The standard InChI is InChI=1S/C28H35N5O2/c1-19-17-29-18-20(2)25(19)21-11-13-23(14-12-21)31-28(35)26(22-9-7-5-4-6-8-10-22)32-27(34)24-15-16-30-33(24)3/h11-18,22,26H,4-10H2,1-3H3,(H,31,35)(H,32,34). The smallest absolute Gasteiger partial charge is 0.270 e. The molecule has 0 saturated heterocycles. The Morgan fingerprint density at radius 2 is 1.57 bits per heavy atom. The van der Waals surface area contributed by atoms with Crippen molar-refractivity contribution >= 4 is 17.5 Å². The largest absolute Gasteiger partial charge is 0.339 e. The molecule has 7 nitrogen and oxygen atoms in total. The number of anilines is 1. The summed E-state index contributed by atoms with van der Waals surface area (Å²) in [5.41, 5.74) is 5.64. The van der Waals surface area contributed by atoms with Crippen LogP contribution in [0.5, 0.6) is 0 Å². The maximum Gasteiger partial charge on any atom is 0.270 e. The molecule has 2 N–H and O–H groups in total. The highest BCUT2D eigenvalue weighted by Crippen LogP contribution is 2.29. The predicted octanol–water partition coefficient (Wildman–Crippen LogP) is 5.20. The monoisotopic (exact) mass is 473 g/mol. The second kappa shape index (κ2) is 11.3. The van der Waals surface area contributed by atoms with Gasteiger partial charge in [0.05, 0.1) is 0 Å². The minimum Gasteiger partial charge on any atom is -0.339 e. The van der Waals surface area contributed by atoms with E-state index < -0.39 is 6.04 Å². The number of amides is 2. The highest BCUT2D eigenvalue weighted by molar-refractivity contribution is 6.00. The SMILES string of the molecule is Cc1cncc(C)c1-c1ccc(NC(=O)C(NC(=O)c2ccnn2C)C2CCCCCCC2)cc1. The third kappa shape index (κ3) is 5.96. The molecular weight excluding hydrogens is 438 g/mol. The Morgan fingerprint density at radius 1 is 0.943 bits per heavy atom. The van der Waals surface area contributed by atoms with E-state index in [1.54, 1.807) is 19.3 Å². The molecule has 2 amide bonds. The van der Waals surface area contributed by atoms with Crippen molar-refractivity contribution in [3.05, 3.63) is 65.7 Å². The Bertz CT molecular complexity index is 1140. The van der Waals surface area contributed by atoms with Crippen molar-refractivity contribution in [1.82, 2.24) is 20.1 Å². The van der Waals surface area contributed by atoms with Gasteiger partial charge in [0.15, 0.2) is 0 Å². The summed E-state index contributed by atoms with van der Waals surface area (Å²) in [5.74, 6) is -0.338. The number of nitrogens with zero attached hydrogens (tertiary/aromatic N) is 3. The highest BCUT2D eigenvalue weighted by Gasteiger charge is 2.31. The number of rotatable bonds is 6. The predicted molar refractivity (Wildman–Crippen MR) is 138 cm³/mol. The molecule has 0 aliphatic heterocycles. The number of carbonyl (C=O) groups excluding carboxylic acids is 2. The summed E-state index contributed by atoms with van der Waals surface area (Å²) in [4.78, 5) is 30.8. The molecule has 184 valence electrons. The quantitative estimate of drug-likeness (QED) is 0.515. The fourth-order valence-electron chi connectivity index (χ4n) is 5.13. The van der Waals surface area contributed by atoms with Gasteiger partial charge in [0.1, 0.15) is 11.7 Å². The van der Waals surface area contributed by atoms with Gasteiger partial charge in [-0.1, -0.05) is 44.2 Å². The molecule has 1 fully saturated rings. The van der Waals surface area contributed by atoms with Crippen LogP contribution in [0, 0.1) is 19.8 Å². The zero-order valence-electron chi connectivity index (χ0n) is 20.9. The van der Waals surface area contributed by atoms with Crippen molar-refractivity contribution in [1.29, 1.82) is 0 Å². The molecule has 35 heavy (non-hydrogen) atoms. The summed E-state index contributed by atoms with van der Waals surface area (Å²) in [5, 5.41) is 10.2. The molecule has 1 aromatic carbocycles. The van der Waals surface area contributed by atoms with Gasteiger partial charge in [0, 0.05) is 31.3 Å². The van der Waals surface area contributed by atoms with Crippen LogP contribution in [-0.4, -0.2) is 32.6 Å². The summed E-state index contributed by atoms with van der Waals surface area (Å²) in [7, 11) is 1.73. The molecule has 1 aliphatic rings. The Kier molecular flexibility index (Phi) is 7.95. The lowest BCUT2D eigenvalue weighted by Gasteiger charge is -2.28. The van der Waals surface area contributed by atoms with Crippen molar-refractivity contribution in [3.8, 4) is 11.1 Å². The Balaban J connectivity index is 1.53. The molecule has 4 rings (SSSR count). The lowest BCUT2D eigenvalue weighted by atomic mass is 9.85. The summed E-state index contributed by atoms with van der Waals surface area (Å²) in [6.07, 6.45) is 12.9. The lowest BCUT2D eigenvalue weighted by Crippen LogP contribution is -2.49. The van der Waals surface area contributed by atoms with Gasteiger partial charge in [0.25, 0.3) is 5.91 Å². The average Bonchev–Trinajstić information content (AvgIpc) is 3.24. The molecular formula is C28H35N5O2. The van der Waals surface area contributed by atoms with Gasteiger partial charge in [-0.3, -0.25) is 19.3 Å². The van der Waals surface area contributed by atoms with Crippen molar-refractivity contribution in [2.75, 3.05) is 5.32 Å².